The molecule has 2 aromatic carbocycles. The van der Waals surface area contributed by atoms with Gasteiger partial charge in [0.15, 0.2) is 0 Å². The monoisotopic (exact) mass is 593 g/mol. The lowest BCUT2D eigenvalue weighted by molar-refractivity contribution is -0.384. The molecule has 42 heavy (non-hydrogen) atoms. The maximum atomic E-state index is 14.5. The van der Waals surface area contributed by atoms with Gasteiger partial charge in [-0.15, -0.1) is 16.4 Å². The zero-order valence-electron chi connectivity index (χ0n) is 21.6. The van der Waals surface area contributed by atoms with Crippen LogP contribution in [0.4, 0.5) is 18.9 Å². The van der Waals surface area contributed by atoms with Crippen molar-refractivity contribution in [1.82, 2.24) is 25.0 Å². The van der Waals surface area contributed by atoms with Crippen LogP contribution in [0.5, 0.6) is 0 Å². The van der Waals surface area contributed by atoms with E-state index in [0.717, 1.165) is 41.4 Å². The molecule has 5 aromatic rings. The molecular formula is C27H18F3N7O4S. The number of hydrogen-bond donors (Lipinski definition) is 0. The summed E-state index contributed by atoms with van der Waals surface area (Å²) in [6, 6.07) is 12.9. The number of benzene rings is 2. The van der Waals surface area contributed by atoms with Crippen molar-refractivity contribution in [2.24, 2.45) is 0 Å². The number of halogens is 3. The molecular weight excluding hydrogens is 575 g/mol. The van der Waals surface area contributed by atoms with Crippen molar-refractivity contribution >= 4 is 33.9 Å². The van der Waals surface area contributed by atoms with Crippen molar-refractivity contribution in [2.45, 2.75) is 31.7 Å². The first-order chi connectivity index (χ1) is 20.0. The lowest BCUT2D eigenvalue weighted by Crippen LogP contribution is -2.46. The lowest BCUT2D eigenvalue weighted by atomic mass is 9.95. The second kappa shape index (κ2) is 11.0. The van der Waals surface area contributed by atoms with Gasteiger partial charge in [-0.1, -0.05) is 24.3 Å². The van der Waals surface area contributed by atoms with E-state index >= 15 is 0 Å². The third-order valence-corrected chi connectivity index (χ3v) is 7.12. The van der Waals surface area contributed by atoms with Gasteiger partial charge in [-0.3, -0.25) is 10.1 Å². The van der Waals surface area contributed by atoms with Crippen molar-refractivity contribution in [3.63, 3.8) is 0 Å². The fourth-order valence-electron chi connectivity index (χ4n) is 4.38. The topological polar surface area (TPSA) is 150 Å². The van der Waals surface area contributed by atoms with E-state index in [4.69, 9.17) is 4.74 Å². The van der Waals surface area contributed by atoms with Crippen LogP contribution in [-0.2, 0) is 16.9 Å². The summed E-state index contributed by atoms with van der Waals surface area (Å²) in [6.45, 7) is 1.19. The molecule has 0 bridgehead atoms. The van der Waals surface area contributed by atoms with Crippen LogP contribution in [0.1, 0.15) is 40.7 Å². The number of thiazole rings is 1. The second-order valence-electron chi connectivity index (χ2n) is 9.07. The highest BCUT2D eigenvalue weighted by molar-refractivity contribution is 7.07. The van der Waals surface area contributed by atoms with Crippen LogP contribution in [0.25, 0.3) is 22.2 Å². The Bertz CT molecular complexity index is 1830. The van der Waals surface area contributed by atoms with Crippen LogP contribution in [-0.4, -0.2) is 42.0 Å². The van der Waals surface area contributed by atoms with Crippen LogP contribution in [0.2, 0.25) is 0 Å². The van der Waals surface area contributed by atoms with Crippen LogP contribution in [0.15, 0.2) is 65.6 Å². The molecule has 11 nitrogen and oxygen atoms in total. The van der Waals surface area contributed by atoms with E-state index in [1.165, 1.54) is 22.9 Å². The minimum atomic E-state index is -5.06. The average Bonchev–Trinajstić information content (AvgIpc) is 3.67. The number of hydrogen-bond acceptors (Lipinski definition) is 10. The Balaban J connectivity index is 1.45. The van der Waals surface area contributed by atoms with Crippen LogP contribution < -0.4 is 0 Å². The highest BCUT2D eigenvalue weighted by Gasteiger charge is 2.60. The molecule has 212 valence electrons. The fraction of sp³-hybridized carbons (Fsp3) is 0.185. The number of ether oxygens (including phenoxy) is 1. The van der Waals surface area contributed by atoms with E-state index < -0.39 is 34.8 Å². The maximum Gasteiger partial charge on any atom is 0.434 e. The van der Waals surface area contributed by atoms with Crippen molar-refractivity contribution in [3.8, 4) is 17.3 Å². The first-order valence-electron chi connectivity index (χ1n) is 12.2. The minimum Gasteiger partial charge on any atom is -0.439 e. The van der Waals surface area contributed by atoms with Gasteiger partial charge >= 0.3 is 12.1 Å². The summed E-state index contributed by atoms with van der Waals surface area (Å²) in [5.74, 6) is -1.33. The first-order valence-corrected chi connectivity index (χ1v) is 13.2. The summed E-state index contributed by atoms with van der Waals surface area (Å²) in [5.41, 5.74) is -0.0319. The van der Waals surface area contributed by atoms with E-state index in [2.05, 4.69) is 20.3 Å². The van der Waals surface area contributed by atoms with E-state index in [-0.39, 0.29) is 23.5 Å². The van der Waals surface area contributed by atoms with E-state index in [0.29, 0.717) is 16.8 Å². The first kappa shape index (κ1) is 28.3. The molecule has 0 amide bonds. The van der Waals surface area contributed by atoms with E-state index in [1.54, 1.807) is 29.8 Å². The molecule has 3 heterocycles. The number of fused-ring (bicyclic) bond motifs is 1. The molecule has 0 aliphatic rings. The Kier molecular flexibility index (Phi) is 7.40. The summed E-state index contributed by atoms with van der Waals surface area (Å²) in [5, 5.41) is 30.4. The summed E-state index contributed by atoms with van der Waals surface area (Å²) < 4.78 is 49.6. The fourth-order valence-corrected chi connectivity index (χ4v) is 4.93. The number of nitro benzene ring substituents is 1. The summed E-state index contributed by atoms with van der Waals surface area (Å²) in [7, 11) is 0. The Hall–Kier alpha value is -5.23. The van der Waals surface area contributed by atoms with E-state index in [9.17, 15) is 33.3 Å². The highest BCUT2D eigenvalue weighted by Crippen LogP contribution is 2.44. The van der Waals surface area contributed by atoms with Crippen molar-refractivity contribution < 1.29 is 27.6 Å². The standard InChI is InChI=1S/C27H18F3N7O4S/c1-2-26(27(28,29)30,41-25(38)17-4-6-19(7-5-17)37(39)40)24-13-36(35-34-24)12-16-3-8-20-21(23-14-42-15-32-23)10-18(11-31)33-22(20)9-16/h3-10,13-15H,2,12H2,1H3. The zero-order valence-corrected chi connectivity index (χ0v) is 22.4. The molecule has 0 spiro atoms. The molecule has 15 heteroatoms. The van der Waals surface area contributed by atoms with Crippen LogP contribution >= 0.6 is 11.3 Å². The molecule has 1 atom stereocenters. The second-order valence-corrected chi connectivity index (χ2v) is 9.78. The van der Waals surface area contributed by atoms with Gasteiger partial charge in [0.25, 0.3) is 11.3 Å². The van der Waals surface area contributed by atoms with Crippen molar-refractivity contribution in [1.29, 1.82) is 5.26 Å². The predicted octanol–water partition coefficient (Wildman–Crippen LogP) is 5.80. The molecule has 0 fully saturated rings. The number of carbonyl (C=O) groups is 1. The van der Waals surface area contributed by atoms with Crippen molar-refractivity contribution in [2.75, 3.05) is 0 Å². The molecule has 0 aliphatic carbocycles. The number of non-ortho nitro benzene ring substituents is 1. The number of aromatic nitrogens is 5. The van der Waals surface area contributed by atoms with Gasteiger partial charge in [-0.25, -0.2) is 19.4 Å². The van der Waals surface area contributed by atoms with Gasteiger partial charge in [0.05, 0.1) is 39.9 Å². The van der Waals surface area contributed by atoms with E-state index in [1.807, 2.05) is 11.4 Å². The Morgan fingerprint density at radius 3 is 2.57 bits per heavy atom. The molecule has 0 N–H and O–H groups in total. The summed E-state index contributed by atoms with van der Waals surface area (Å²) in [6.07, 6.45) is -4.72. The van der Waals surface area contributed by atoms with Crippen LogP contribution in [0.3, 0.4) is 0 Å². The number of rotatable bonds is 8. The van der Waals surface area contributed by atoms with Crippen molar-refractivity contribution in [3.05, 3.63) is 98.2 Å². The third kappa shape index (κ3) is 5.27. The predicted molar refractivity (Wildman–Crippen MR) is 143 cm³/mol. The van der Waals surface area contributed by atoms with Gasteiger partial charge < -0.3 is 4.74 Å². The molecule has 0 saturated carbocycles. The summed E-state index contributed by atoms with van der Waals surface area (Å²) >= 11 is 1.40. The zero-order chi connectivity index (χ0) is 30.1. The number of carbonyl (C=O) groups excluding carboxylic acids is 1. The molecule has 1 unspecified atom stereocenters. The number of nitro groups is 1. The summed E-state index contributed by atoms with van der Waals surface area (Å²) in [4.78, 5) is 31.6. The number of alkyl halides is 3. The maximum absolute atomic E-state index is 14.5. The Morgan fingerprint density at radius 1 is 1.19 bits per heavy atom. The molecule has 0 saturated heterocycles. The van der Waals surface area contributed by atoms with Gasteiger partial charge in [-0.05, 0) is 36.2 Å². The highest BCUT2D eigenvalue weighted by atomic mass is 32.1. The lowest BCUT2D eigenvalue weighted by Gasteiger charge is -2.32. The number of pyridine rings is 1. The van der Waals surface area contributed by atoms with Gasteiger partial charge in [0.2, 0.25) is 0 Å². The Labute approximate surface area is 239 Å². The van der Waals surface area contributed by atoms with Gasteiger partial charge in [0, 0.05) is 28.5 Å². The SMILES string of the molecule is CCC(OC(=O)c1ccc([N+](=O)[O-])cc1)(c1cn(Cc2ccc3c(-c4cscn4)cc(C#N)nc3c2)nn1)C(F)(F)F. The largest absolute Gasteiger partial charge is 0.439 e. The number of nitriles is 1. The minimum absolute atomic E-state index is 0.00138. The third-order valence-electron chi connectivity index (χ3n) is 6.53. The Morgan fingerprint density at radius 2 is 1.95 bits per heavy atom. The molecule has 5 rings (SSSR count). The molecule has 3 aromatic heterocycles. The normalized spacial score (nSPS) is 12.9. The van der Waals surface area contributed by atoms with Crippen LogP contribution in [0, 0.1) is 21.4 Å². The number of esters is 1. The van der Waals surface area contributed by atoms with Gasteiger partial charge in [0.1, 0.15) is 17.5 Å². The quantitative estimate of drug-likeness (QED) is 0.123. The molecule has 0 radical (unpaired) electrons. The smallest absolute Gasteiger partial charge is 0.434 e. The van der Waals surface area contributed by atoms with Gasteiger partial charge in [-0.2, -0.15) is 18.4 Å². The molecule has 0 aliphatic heterocycles. The number of nitrogens with zero attached hydrogens (tertiary/aromatic N) is 7. The average molecular weight is 594 g/mol.